The highest BCUT2D eigenvalue weighted by molar-refractivity contribution is 4.63. The maximum absolute atomic E-state index is 9.83. The van der Waals surface area contributed by atoms with Crippen LogP contribution in [0.2, 0.25) is 0 Å². The van der Waals surface area contributed by atoms with E-state index in [4.69, 9.17) is 0 Å². The molecule has 0 radical (unpaired) electrons. The maximum atomic E-state index is 9.83. The van der Waals surface area contributed by atoms with Gasteiger partial charge < -0.3 is 10.2 Å². The molecule has 1 fully saturated rings. The van der Waals surface area contributed by atoms with E-state index in [1.165, 1.54) is 51.4 Å². The van der Waals surface area contributed by atoms with Crippen molar-refractivity contribution in [3.63, 3.8) is 0 Å². The van der Waals surface area contributed by atoms with Gasteiger partial charge in [-0.1, -0.05) is 64.2 Å². The first kappa shape index (κ1) is 16.0. The predicted octanol–water partition coefficient (Wildman–Crippen LogP) is 4.18. The predicted molar refractivity (Wildman–Crippen MR) is 76.7 cm³/mol. The fraction of sp³-hybridized carbons (Fsp3) is 1.00. The highest BCUT2D eigenvalue weighted by Gasteiger charge is 2.09. The number of hydrogen-bond acceptors (Lipinski definition) is 2. The number of aliphatic hydroxyl groups is 2. The standard InChI is InChI=1S/C16H32O2/c17-15-11-9-7-5-3-1-2-4-6-8-10-12-16(18)14-13-15/h15-18H,1-14H2. The lowest BCUT2D eigenvalue weighted by Crippen LogP contribution is -2.13. The lowest BCUT2D eigenvalue weighted by atomic mass is 9.99. The van der Waals surface area contributed by atoms with E-state index < -0.39 is 0 Å². The average molecular weight is 256 g/mol. The van der Waals surface area contributed by atoms with Crippen LogP contribution in [0.4, 0.5) is 0 Å². The first-order valence-corrected chi connectivity index (χ1v) is 8.15. The minimum absolute atomic E-state index is 0.187. The SMILES string of the molecule is OC1CCCCCCCCCCCCC(O)CC1. The monoisotopic (exact) mass is 256 g/mol. The van der Waals surface area contributed by atoms with Gasteiger partial charge in [0, 0.05) is 0 Å². The molecule has 0 aromatic rings. The van der Waals surface area contributed by atoms with Crippen LogP contribution in [-0.2, 0) is 0 Å². The van der Waals surface area contributed by atoms with Crippen LogP contribution in [0.25, 0.3) is 0 Å². The molecule has 1 aliphatic rings. The number of hydrogen-bond donors (Lipinski definition) is 2. The van der Waals surface area contributed by atoms with E-state index in [1.54, 1.807) is 0 Å². The van der Waals surface area contributed by atoms with E-state index in [9.17, 15) is 10.2 Å². The summed E-state index contributed by atoms with van der Waals surface area (Å²) in [5, 5.41) is 19.7. The Labute approximate surface area is 113 Å². The van der Waals surface area contributed by atoms with Crippen LogP contribution in [0.1, 0.15) is 89.9 Å². The molecule has 2 atom stereocenters. The van der Waals surface area contributed by atoms with Gasteiger partial charge in [-0.25, -0.2) is 0 Å². The molecule has 2 heteroatoms. The van der Waals surface area contributed by atoms with Gasteiger partial charge in [0.2, 0.25) is 0 Å². The molecule has 0 aromatic heterocycles. The van der Waals surface area contributed by atoms with Gasteiger partial charge >= 0.3 is 0 Å². The lowest BCUT2D eigenvalue weighted by molar-refractivity contribution is 0.101. The van der Waals surface area contributed by atoms with Gasteiger partial charge in [-0.3, -0.25) is 0 Å². The Morgan fingerprint density at radius 1 is 0.389 bits per heavy atom. The summed E-state index contributed by atoms with van der Waals surface area (Å²) < 4.78 is 0. The van der Waals surface area contributed by atoms with Crippen LogP contribution in [0.3, 0.4) is 0 Å². The molecule has 18 heavy (non-hydrogen) atoms. The molecule has 2 nitrogen and oxygen atoms in total. The van der Waals surface area contributed by atoms with Crippen LogP contribution in [0, 0.1) is 0 Å². The molecule has 0 saturated heterocycles. The normalized spacial score (nSPS) is 31.0. The van der Waals surface area contributed by atoms with Gasteiger partial charge in [0.1, 0.15) is 0 Å². The molecule has 1 saturated carbocycles. The minimum atomic E-state index is -0.187. The summed E-state index contributed by atoms with van der Waals surface area (Å²) in [6.45, 7) is 0. The van der Waals surface area contributed by atoms with Gasteiger partial charge in [0.15, 0.2) is 0 Å². The van der Waals surface area contributed by atoms with E-state index in [2.05, 4.69) is 0 Å². The van der Waals surface area contributed by atoms with Crippen molar-refractivity contribution in [2.75, 3.05) is 0 Å². The number of aliphatic hydroxyl groups excluding tert-OH is 2. The third kappa shape index (κ3) is 8.93. The van der Waals surface area contributed by atoms with Crippen LogP contribution in [0.5, 0.6) is 0 Å². The van der Waals surface area contributed by atoms with Crippen molar-refractivity contribution in [1.29, 1.82) is 0 Å². The molecule has 1 rings (SSSR count). The third-order valence-corrected chi connectivity index (χ3v) is 4.16. The Morgan fingerprint density at radius 3 is 1.00 bits per heavy atom. The van der Waals surface area contributed by atoms with Gasteiger partial charge in [0.05, 0.1) is 12.2 Å². The van der Waals surface area contributed by atoms with E-state index in [0.717, 1.165) is 38.5 Å². The van der Waals surface area contributed by atoms with Crippen molar-refractivity contribution in [1.82, 2.24) is 0 Å². The fourth-order valence-corrected chi connectivity index (χ4v) is 2.85. The zero-order chi connectivity index (χ0) is 13.1. The van der Waals surface area contributed by atoms with Crippen LogP contribution >= 0.6 is 0 Å². The van der Waals surface area contributed by atoms with Crippen molar-refractivity contribution in [3.05, 3.63) is 0 Å². The second-order valence-electron chi connectivity index (χ2n) is 6.00. The summed E-state index contributed by atoms with van der Waals surface area (Å²) in [5.74, 6) is 0. The molecule has 1 aliphatic carbocycles. The van der Waals surface area contributed by atoms with Gasteiger partial charge in [0.25, 0.3) is 0 Å². The van der Waals surface area contributed by atoms with Gasteiger partial charge in [-0.15, -0.1) is 0 Å². The molecular weight excluding hydrogens is 224 g/mol. The maximum Gasteiger partial charge on any atom is 0.0541 e. The smallest absolute Gasteiger partial charge is 0.0541 e. The van der Waals surface area contributed by atoms with Crippen LogP contribution in [0.15, 0.2) is 0 Å². The van der Waals surface area contributed by atoms with E-state index in [1.807, 2.05) is 0 Å². The lowest BCUT2D eigenvalue weighted by Gasteiger charge is -2.14. The second-order valence-corrected chi connectivity index (χ2v) is 6.00. The molecule has 0 aromatic carbocycles. The molecular formula is C16H32O2. The zero-order valence-electron chi connectivity index (χ0n) is 11.9. The van der Waals surface area contributed by atoms with Crippen molar-refractivity contribution >= 4 is 0 Å². The van der Waals surface area contributed by atoms with Crippen LogP contribution < -0.4 is 0 Å². The van der Waals surface area contributed by atoms with Gasteiger partial charge in [-0.05, 0) is 25.7 Å². The largest absolute Gasteiger partial charge is 0.393 e. The topological polar surface area (TPSA) is 40.5 Å². The average Bonchev–Trinajstić information content (AvgIpc) is 2.36. The van der Waals surface area contributed by atoms with E-state index in [0.29, 0.717) is 0 Å². The first-order chi connectivity index (χ1) is 8.79. The highest BCUT2D eigenvalue weighted by Crippen LogP contribution is 2.17. The molecule has 0 heterocycles. The van der Waals surface area contributed by atoms with Gasteiger partial charge in [-0.2, -0.15) is 0 Å². The first-order valence-electron chi connectivity index (χ1n) is 8.15. The Hall–Kier alpha value is -0.0800. The Morgan fingerprint density at radius 2 is 0.667 bits per heavy atom. The highest BCUT2D eigenvalue weighted by atomic mass is 16.3. The van der Waals surface area contributed by atoms with Crippen molar-refractivity contribution < 1.29 is 10.2 Å². The Bertz CT molecular complexity index is 162. The van der Waals surface area contributed by atoms with E-state index >= 15 is 0 Å². The molecule has 0 aliphatic heterocycles. The molecule has 0 bridgehead atoms. The Kier molecular flexibility index (Phi) is 9.59. The minimum Gasteiger partial charge on any atom is -0.393 e. The third-order valence-electron chi connectivity index (χ3n) is 4.16. The molecule has 2 unspecified atom stereocenters. The van der Waals surface area contributed by atoms with Crippen molar-refractivity contribution in [3.8, 4) is 0 Å². The molecule has 108 valence electrons. The summed E-state index contributed by atoms with van der Waals surface area (Å²) in [4.78, 5) is 0. The summed E-state index contributed by atoms with van der Waals surface area (Å²) in [6.07, 6.45) is 16.0. The quantitative estimate of drug-likeness (QED) is 0.682. The van der Waals surface area contributed by atoms with Crippen LogP contribution in [-0.4, -0.2) is 22.4 Å². The fourth-order valence-electron chi connectivity index (χ4n) is 2.85. The number of rotatable bonds is 0. The second kappa shape index (κ2) is 10.8. The van der Waals surface area contributed by atoms with Crippen molar-refractivity contribution in [2.24, 2.45) is 0 Å². The summed E-state index contributed by atoms with van der Waals surface area (Å²) in [7, 11) is 0. The summed E-state index contributed by atoms with van der Waals surface area (Å²) >= 11 is 0. The van der Waals surface area contributed by atoms with Crippen molar-refractivity contribution in [2.45, 2.75) is 102 Å². The molecule has 0 amide bonds. The zero-order valence-corrected chi connectivity index (χ0v) is 11.9. The Balaban J connectivity index is 2.19. The summed E-state index contributed by atoms with van der Waals surface area (Å²) in [5.41, 5.74) is 0. The van der Waals surface area contributed by atoms with E-state index in [-0.39, 0.29) is 12.2 Å². The summed E-state index contributed by atoms with van der Waals surface area (Å²) in [6, 6.07) is 0. The molecule has 0 spiro atoms. The molecule has 2 N–H and O–H groups in total.